The van der Waals surface area contributed by atoms with Crippen LogP contribution in [-0.2, 0) is 4.79 Å². The van der Waals surface area contributed by atoms with Crippen molar-refractivity contribution < 1.29 is 4.79 Å². The molecule has 0 aliphatic carbocycles. The van der Waals surface area contributed by atoms with Gasteiger partial charge < -0.3 is 0 Å². The van der Waals surface area contributed by atoms with E-state index < -0.39 is 0 Å². The van der Waals surface area contributed by atoms with Crippen molar-refractivity contribution in [3.05, 3.63) is 21.9 Å². The summed E-state index contributed by atoms with van der Waals surface area (Å²) in [5, 5.41) is 3.69. The summed E-state index contributed by atoms with van der Waals surface area (Å²) in [6.45, 7) is 3.96. The molecule has 0 aliphatic rings. The molecule has 4 heteroatoms. The SMILES string of the molecule is Cc1ccsc1C(C)C(=O)NN(C)C. The zero-order chi connectivity index (χ0) is 10.7. The predicted octanol–water partition coefficient (Wildman–Crippen LogP) is 1.75. The van der Waals surface area contributed by atoms with Crippen molar-refractivity contribution in [1.29, 1.82) is 0 Å². The Hall–Kier alpha value is -0.870. The lowest BCUT2D eigenvalue weighted by atomic mass is 10.1. The number of aryl methyl sites for hydroxylation is 1. The second kappa shape index (κ2) is 4.57. The van der Waals surface area contributed by atoms with Gasteiger partial charge in [-0.25, -0.2) is 5.01 Å². The van der Waals surface area contributed by atoms with Gasteiger partial charge >= 0.3 is 0 Å². The number of nitrogens with zero attached hydrogens (tertiary/aromatic N) is 1. The van der Waals surface area contributed by atoms with E-state index in [1.54, 1.807) is 16.3 Å². The molecule has 0 bridgehead atoms. The van der Waals surface area contributed by atoms with Crippen LogP contribution in [0.2, 0.25) is 0 Å². The van der Waals surface area contributed by atoms with Crippen molar-refractivity contribution in [2.45, 2.75) is 19.8 Å². The van der Waals surface area contributed by atoms with Crippen molar-refractivity contribution in [3.8, 4) is 0 Å². The lowest BCUT2D eigenvalue weighted by Crippen LogP contribution is -2.38. The maximum atomic E-state index is 11.7. The van der Waals surface area contributed by atoms with Crippen LogP contribution in [0.1, 0.15) is 23.3 Å². The molecule has 1 atom stereocenters. The molecule has 78 valence electrons. The third-order valence-corrected chi connectivity index (χ3v) is 3.22. The number of hydrogen-bond donors (Lipinski definition) is 1. The average molecular weight is 212 g/mol. The summed E-state index contributed by atoms with van der Waals surface area (Å²) in [4.78, 5) is 12.8. The summed E-state index contributed by atoms with van der Waals surface area (Å²) in [5.74, 6) is -0.0297. The van der Waals surface area contributed by atoms with E-state index >= 15 is 0 Å². The normalized spacial score (nSPS) is 12.9. The zero-order valence-corrected chi connectivity index (χ0v) is 9.81. The largest absolute Gasteiger partial charge is 0.289 e. The Morgan fingerprint density at radius 2 is 2.21 bits per heavy atom. The number of nitrogens with one attached hydrogen (secondary N) is 1. The third-order valence-electron chi connectivity index (χ3n) is 2.02. The molecule has 14 heavy (non-hydrogen) atoms. The topological polar surface area (TPSA) is 32.3 Å². The van der Waals surface area contributed by atoms with Crippen LogP contribution in [0.4, 0.5) is 0 Å². The van der Waals surface area contributed by atoms with Gasteiger partial charge in [0.25, 0.3) is 0 Å². The smallest absolute Gasteiger partial charge is 0.242 e. The summed E-state index contributed by atoms with van der Waals surface area (Å²) < 4.78 is 0. The first-order valence-corrected chi connectivity index (χ1v) is 5.42. The Morgan fingerprint density at radius 3 is 2.64 bits per heavy atom. The lowest BCUT2D eigenvalue weighted by molar-refractivity contribution is -0.125. The Kier molecular flexibility index (Phi) is 3.66. The molecule has 1 aromatic heterocycles. The number of hydrazine groups is 1. The van der Waals surface area contributed by atoms with Crippen molar-refractivity contribution in [2.24, 2.45) is 0 Å². The fourth-order valence-electron chi connectivity index (χ4n) is 1.26. The van der Waals surface area contributed by atoms with Gasteiger partial charge in [0.05, 0.1) is 5.92 Å². The quantitative estimate of drug-likeness (QED) is 0.774. The molecule has 3 nitrogen and oxygen atoms in total. The molecule has 1 aromatic rings. The maximum absolute atomic E-state index is 11.7. The Morgan fingerprint density at radius 1 is 1.57 bits per heavy atom. The molecule has 0 fully saturated rings. The van der Waals surface area contributed by atoms with Crippen LogP contribution >= 0.6 is 11.3 Å². The zero-order valence-electron chi connectivity index (χ0n) is 9.00. The van der Waals surface area contributed by atoms with Crippen LogP contribution in [0.5, 0.6) is 0 Å². The van der Waals surface area contributed by atoms with Gasteiger partial charge in [-0.3, -0.25) is 10.2 Å². The Balaban J connectivity index is 2.71. The molecule has 0 radical (unpaired) electrons. The molecule has 1 rings (SSSR count). The minimum Gasteiger partial charge on any atom is -0.289 e. The van der Waals surface area contributed by atoms with Gasteiger partial charge in [-0.1, -0.05) is 0 Å². The predicted molar refractivity (Wildman–Crippen MR) is 59.3 cm³/mol. The van der Waals surface area contributed by atoms with Crippen molar-refractivity contribution in [1.82, 2.24) is 10.4 Å². The van der Waals surface area contributed by atoms with E-state index in [0.717, 1.165) is 4.88 Å². The van der Waals surface area contributed by atoms with E-state index in [-0.39, 0.29) is 11.8 Å². The van der Waals surface area contributed by atoms with E-state index in [4.69, 9.17) is 0 Å². The van der Waals surface area contributed by atoms with Gasteiger partial charge in [0.15, 0.2) is 0 Å². The fourth-order valence-corrected chi connectivity index (χ4v) is 2.25. The van der Waals surface area contributed by atoms with Gasteiger partial charge in [-0.15, -0.1) is 11.3 Å². The number of rotatable bonds is 3. The van der Waals surface area contributed by atoms with E-state index in [9.17, 15) is 4.79 Å². The highest BCUT2D eigenvalue weighted by atomic mass is 32.1. The van der Waals surface area contributed by atoms with Crippen molar-refractivity contribution in [3.63, 3.8) is 0 Å². The molecular weight excluding hydrogens is 196 g/mol. The summed E-state index contributed by atoms with van der Waals surface area (Å²) in [5.41, 5.74) is 3.95. The minimum atomic E-state index is -0.0719. The van der Waals surface area contributed by atoms with Crippen LogP contribution in [0.3, 0.4) is 0 Å². The van der Waals surface area contributed by atoms with Crippen LogP contribution in [0, 0.1) is 6.92 Å². The molecule has 1 amide bonds. The standard InChI is InChI=1S/C10H16N2OS/c1-7-5-6-14-9(7)8(2)10(13)11-12(3)4/h5-6,8H,1-4H3,(H,11,13). The van der Waals surface area contributed by atoms with Crippen LogP contribution in [0.15, 0.2) is 11.4 Å². The van der Waals surface area contributed by atoms with Crippen molar-refractivity contribution in [2.75, 3.05) is 14.1 Å². The number of hydrogen-bond acceptors (Lipinski definition) is 3. The molecule has 0 aliphatic heterocycles. The Labute approximate surface area is 88.7 Å². The highest BCUT2D eigenvalue weighted by molar-refractivity contribution is 7.10. The monoisotopic (exact) mass is 212 g/mol. The molecule has 1 heterocycles. The van der Waals surface area contributed by atoms with Gasteiger partial charge in [-0.2, -0.15) is 0 Å². The van der Waals surface area contributed by atoms with E-state index in [1.165, 1.54) is 5.56 Å². The number of carbonyl (C=O) groups is 1. The van der Waals surface area contributed by atoms with E-state index in [1.807, 2.05) is 39.4 Å². The van der Waals surface area contributed by atoms with E-state index in [0.29, 0.717) is 0 Å². The summed E-state index contributed by atoms with van der Waals surface area (Å²) >= 11 is 1.63. The molecule has 1 unspecified atom stereocenters. The molecular formula is C10H16N2OS. The number of carbonyl (C=O) groups excluding carboxylic acids is 1. The molecule has 0 saturated carbocycles. The minimum absolute atomic E-state index is 0.0422. The molecule has 0 aromatic carbocycles. The Bertz CT molecular complexity index is 320. The van der Waals surface area contributed by atoms with Crippen LogP contribution < -0.4 is 5.43 Å². The van der Waals surface area contributed by atoms with Gasteiger partial charge in [0.1, 0.15) is 0 Å². The number of amides is 1. The number of thiophene rings is 1. The molecule has 0 spiro atoms. The first-order valence-electron chi connectivity index (χ1n) is 4.54. The van der Waals surface area contributed by atoms with Crippen LogP contribution in [-0.4, -0.2) is 25.0 Å². The van der Waals surface area contributed by atoms with E-state index in [2.05, 4.69) is 5.43 Å². The second-order valence-electron chi connectivity index (χ2n) is 3.56. The first-order chi connectivity index (χ1) is 6.52. The summed E-state index contributed by atoms with van der Waals surface area (Å²) in [7, 11) is 3.62. The highest BCUT2D eigenvalue weighted by Crippen LogP contribution is 2.25. The van der Waals surface area contributed by atoms with Gasteiger partial charge in [0.2, 0.25) is 5.91 Å². The highest BCUT2D eigenvalue weighted by Gasteiger charge is 2.18. The van der Waals surface area contributed by atoms with Gasteiger partial charge in [0, 0.05) is 19.0 Å². The van der Waals surface area contributed by atoms with Crippen LogP contribution in [0.25, 0.3) is 0 Å². The van der Waals surface area contributed by atoms with Gasteiger partial charge in [-0.05, 0) is 30.9 Å². The lowest BCUT2D eigenvalue weighted by Gasteiger charge is -2.16. The molecule has 0 saturated heterocycles. The molecule has 1 N–H and O–H groups in total. The maximum Gasteiger partial charge on any atom is 0.242 e. The fraction of sp³-hybridized carbons (Fsp3) is 0.500. The third kappa shape index (κ3) is 2.56. The second-order valence-corrected chi connectivity index (χ2v) is 4.51. The van der Waals surface area contributed by atoms with Crippen molar-refractivity contribution >= 4 is 17.2 Å². The average Bonchev–Trinajstić information content (AvgIpc) is 2.48. The first kappa shape index (κ1) is 11.2. The summed E-state index contributed by atoms with van der Waals surface area (Å²) in [6.07, 6.45) is 0. The summed E-state index contributed by atoms with van der Waals surface area (Å²) in [6, 6.07) is 2.04.